The average molecular weight is 1070 g/mol. The monoisotopic (exact) mass is 1060 g/mol. The van der Waals surface area contributed by atoms with Gasteiger partial charge in [-0.3, -0.25) is 9.59 Å². The molecule has 0 radical (unpaired) electrons. The largest absolute Gasteiger partial charge is 0.481 e. The number of ether oxygens (including phenoxy) is 14. The summed E-state index contributed by atoms with van der Waals surface area (Å²) in [5.74, 6) is -3.10. The standard InChI is InChI=1S/C58H80O18/c1-26-13-32-5-7-37-27(2)14-34(64-37)9-12-58-35-25-63-53-54(51(35)75-58)69-39-8-6-33(66-52(39)55(53)76-58)17-31(59)15-30-16-43-44(67-41(30)19-40(65-32)29(26)4)20-45-47(68-43)23-57(72-45)24-48-38(71-57)10-11-56(74-48)22-28(3)50-46(73-56)18-36(60)42(70-50)21-49(61)62/h26,28,30,32-48,50-55,60H,2,4-25H2,1,3H3,(H,61,62)/t26-,28+,30-,32+,33-,34+,35?,36-,37+,38+,39+,40-,41+,42-,43?,44+,45-,46+,47?,48+,50+,51?,52+,53-,54+,55+,56+,57-,58+/m1/s1. The number of hydrogen-bond acceptors (Lipinski definition) is 17. The van der Waals surface area contributed by atoms with Gasteiger partial charge in [0.25, 0.3) is 0 Å². The van der Waals surface area contributed by atoms with E-state index in [0.29, 0.717) is 77.2 Å². The summed E-state index contributed by atoms with van der Waals surface area (Å²) in [5, 5.41) is 20.3. The third-order valence-electron chi connectivity index (χ3n) is 21.4. The van der Waals surface area contributed by atoms with E-state index < -0.39 is 41.6 Å². The van der Waals surface area contributed by atoms with E-state index in [1.165, 1.54) is 0 Å². The molecule has 12 bridgehead atoms. The Labute approximate surface area is 445 Å². The van der Waals surface area contributed by atoms with Gasteiger partial charge in [-0.2, -0.15) is 0 Å². The Hall–Kier alpha value is -1.98. The number of carbonyl (C=O) groups is 2. The summed E-state index contributed by atoms with van der Waals surface area (Å²) in [5.41, 5.74) is 2.22. The van der Waals surface area contributed by atoms with Crippen LogP contribution in [0.5, 0.6) is 0 Å². The van der Waals surface area contributed by atoms with E-state index in [9.17, 15) is 19.8 Å². The Morgan fingerprint density at radius 2 is 1.33 bits per heavy atom. The number of fused-ring (bicyclic) bond motifs is 11. The molecule has 0 aromatic carbocycles. The van der Waals surface area contributed by atoms with Crippen LogP contribution in [0, 0.1) is 23.7 Å². The SMILES string of the molecule is C=C1C[C@@H]2CC[C@@]34OC5C3CO[C@H]3[C@@H](O4)[C@H]4O[C@H](CC[C@@H]4O[C@@H]53)CC(=O)C[C@@H]3CC4OC5C[C@]6(C[C@@H]7O[C@@]8(CC[C@@H]7O6)C[C@H](C)[C@@H]6O[C@H](CC(=O)O)[C@H](O)C[C@@H]6O8)O[C@@H]5C[C@@H]4O[C@H]3C[C@H]3O[C@@H](CC[C@@H]1O2)C[C@@H](C)C3=C. The minimum atomic E-state index is -0.997. The van der Waals surface area contributed by atoms with Crippen LogP contribution >= 0.6 is 0 Å². The smallest absolute Gasteiger partial charge is 0.306 e. The molecule has 0 aromatic rings. The molecule has 16 rings (SSSR count). The van der Waals surface area contributed by atoms with Crippen molar-refractivity contribution < 1.29 is 86.1 Å². The van der Waals surface area contributed by atoms with Crippen molar-refractivity contribution in [2.75, 3.05) is 6.61 Å². The quantitative estimate of drug-likeness (QED) is 0.319. The summed E-state index contributed by atoms with van der Waals surface area (Å²) < 4.78 is 95.9. The van der Waals surface area contributed by atoms with Crippen molar-refractivity contribution in [2.45, 2.75) is 294 Å². The summed E-state index contributed by atoms with van der Waals surface area (Å²) in [6.45, 7) is 14.0. The van der Waals surface area contributed by atoms with Crippen molar-refractivity contribution in [2.24, 2.45) is 23.7 Å². The average Bonchev–Trinajstić information content (AvgIpc) is 4.20. The van der Waals surface area contributed by atoms with E-state index in [2.05, 4.69) is 27.0 Å². The lowest BCUT2D eigenvalue weighted by molar-refractivity contribution is -0.397. The highest BCUT2D eigenvalue weighted by atomic mass is 16.8. The molecule has 16 aliphatic heterocycles. The Morgan fingerprint density at radius 3 is 2.21 bits per heavy atom. The van der Waals surface area contributed by atoms with E-state index in [1.54, 1.807) is 0 Å². The molecule has 29 atom stereocenters. The number of carboxylic acid groups (broad SMARTS) is 1. The van der Waals surface area contributed by atoms with Crippen LogP contribution in [0.25, 0.3) is 0 Å². The normalized spacial score (nSPS) is 57.3. The molecule has 16 aliphatic rings. The molecule has 0 saturated carbocycles. The van der Waals surface area contributed by atoms with Gasteiger partial charge in [0.2, 0.25) is 0 Å². The number of aliphatic carboxylic acids is 1. The molecule has 76 heavy (non-hydrogen) atoms. The molecule has 0 aliphatic carbocycles. The van der Waals surface area contributed by atoms with Crippen LogP contribution in [-0.4, -0.2) is 180 Å². The first-order chi connectivity index (χ1) is 36.6. The highest BCUT2D eigenvalue weighted by Gasteiger charge is 2.72. The van der Waals surface area contributed by atoms with Crippen molar-refractivity contribution in [1.82, 2.24) is 0 Å². The first kappa shape index (κ1) is 50.9. The summed E-state index contributed by atoms with van der Waals surface area (Å²) in [6.07, 6.45) is 6.08. The van der Waals surface area contributed by atoms with Crippen LogP contribution in [0.4, 0.5) is 0 Å². The summed E-state index contributed by atoms with van der Waals surface area (Å²) >= 11 is 0. The van der Waals surface area contributed by atoms with Crippen LogP contribution in [0.3, 0.4) is 0 Å². The topological polar surface area (TPSA) is 204 Å². The number of ketones is 1. The van der Waals surface area contributed by atoms with Crippen LogP contribution < -0.4 is 0 Å². The molecule has 420 valence electrons. The number of hydrogen-bond donors (Lipinski definition) is 2. The van der Waals surface area contributed by atoms with Crippen LogP contribution in [0.2, 0.25) is 0 Å². The number of Topliss-reactive ketones (excluding diaryl/α,β-unsaturated/α-hetero) is 1. The summed E-state index contributed by atoms with van der Waals surface area (Å²) in [7, 11) is 0. The zero-order chi connectivity index (χ0) is 51.6. The molecule has 4 unspecified atom stereocenters. The highest BCUT2D eigenvalue weighted by molar-refractivity contribution is 5.79. The lowest BCUT2D eigenvalue weighted by atomic mass is 9.77. The number of rotatable bonds is 2. The first-order valence-corrected chi connectivity index (χ1v) is 29.7. The van der Waals surface area contributed by atoms with Crippen molar-refractivity contribution in [1.29, 1.82) is 0 Å². The fraction of sp³-hybridized carbons (Fsp3) is 0.897. The van der Waals surface area contributed by atoms with Crippen LogP contribution in [0.1, 0.15) is 142 Å². The van der Waals surface area contributed by atoms with Crippen molar-refractivity contribution in [3.05, 3.63) is 24.3 Å². The molecule has 18 heteroatoms. The van der Waals surface area contributed by atoms with Crippen molar-refractivity contribution in [3.63, 3.8) is 0 Å². The van der Waals surface area contributed by atoms with Gasteiger partial charge >= 0.3 is 5.97 Å². The summed E-state index contributed by atoms with van der Waals surface area (Å²) in [6, 6.07) is 0. The van der Waals surface area contributed by atoms with Gasteiger partial charge in [0.15, 0.2) is 17.4 Å². The van der Waals surface area contributed by atoms with Gasteiger partial charge in [-0.05, 0) is 86.7 Å². The minimum absolute atomic E-state index is 0.0270. The van der Waals surface area contributed by atoms with Gasteiger partial charge in [-0.25, -0.2) is 0 Å². The molecule has 0 amide bonds. The second kappa shape index (κ2) is 19.0. The van der Waals surface area contributed by atoms with Gasteiger partial charge in [-0.1, -0.05) is 27.0 Å². The zero-order valence-electron chi connectivity index (χ0n) is 44.2. The van der Waals surface area contributed by atoms with E-state index in [1.807, 2.05) is 0 Å². The van der Waals surface area contributed by atoms with Gasteiger partial charge < -0.3 is 76.5 Å². The van der Waals surface area contributed by atoms with Gasteiger partial charge in [0.1, 0.15) is 30.2 Å². The number of carboxylic acids is 1. The van der Waals surface area contributed by atoms with Crippen molar-refractivity contribution in [3.8, 4) is 0 Å². The maximum absolute atomic E-state index is 14.6. The predicted octanol–water partition coefficient (Wildman–Crippen LogP) is 5.69. The fourth-order valence-electron chi connectivity index (χ4n) is 17.7. The van der Waals surface area contributed by atoms with Gasteiger partial charge in [-0.15, -0.1) is 0 Å². The lowest BCUT2D eigenvalue weighted by Crippen LogP contribution is -2.70. The first-order valence-electron chi connectivity index (χ1n) is 29.7. The zero-order valence-corrected chi connectivity index (χ0v) is 44.2. The van der Waals surface area contributed by atoms with Crippen molar-refractivity contribution >= 4 is 11.8 Å². The second-order valence-electron chi connectivity index (χ2n) is 26.5. The number of aliphatic hydroxyl groups is 1. The Kier molecular flexibility index (Phi) is 12.8. The number of carbonyl (C=O) groups excluding carboxylic acids is 1. The molecular weight excluding hydrogens is 985 g/mol. The molecule has 16 heterocycles. The maximum atomic E-state index is 14.6. The minimum Gasteiger partial charge on any atom is -0.481 e. The Balaban J connectivity index is 0.647. The maximum Gasteiger partial charge on any atom is 0.306 e. The highest BCUT2D eigenvalue weighted by Crippen LogP contribution is 2.59. The van der Waals surface area contributed by atoms with Crippen LogP contribution in [0.15, 0.2) is 24.3 Å². The molecule has 16 fully saturated rings. The van der Waals surface area contributed by atoms with E-state index in [-0.39, 0.29) is 152 Å². The second-order valence-corrected chi connectivity index (χ2v) is 26.5. The molecule has 16 saturated heterocycles. The molecule has 18 nitrogen and oxygen atoms in total. The van der Waals surface area contributed by atoms with Gasteiger partial charge in [0.05, 0.1) is 129 Å². The Morgan fingerprint density at radius 1 is 0.566 bits per heavy atom. The summed E-state index contributed by atoms with van der Waals surface area (Å²) in [4.78, 5) is 26.1. The van der Waals surface area contributed by atoms with E-state index in [4.69, 9.17) is 66.3 Å². The third-order valence-corrected chi connectivity index (χ3v) is 21.4. The molecular formula is C58H80O18. The molecule has 2 N–H and O–H groups in total. The third kappa shape index (κ3) is 8.73. The fourth-order valence-corrected chi connectivity index (χ4v) is 17.7. The Bertz CT molecular complexity index is 2300. The predicted molar refractivity (Wildman–Crippen MR) is 262 cm³/mol. The van der Waals surface area contributed by atoms with Crippen LogP contribution in [-0.2, 0) is 75.9 Å². The number of aliphatic hydroxyl groups excluding tert-OH is 1. The molecule has 3 spiro atoms. The lowest BCUT2D eigenvalue weighted by Gasteiger charge is -2.56. The van der Waals surface area contributed by atoms with Gasteiger partial charge in [0, 0.05) is 64.2 Å². The van der Waals surface area contributed by atoms with E-state index in [0.717, 1.165) is 62.5 Å². The molecule has 0 aromatic heterocycles. The van der Waals surface area contributed by atoms with E-state index >= 15 is 0 Å².